The van der Waals surface area contributed by atoms with E-state index >= 15 is 0 Å². The molecule has 0 aromatic heterocycles. The number of ether oxygens (including phenoxy) is 1. The van der Waals surface area contributed by atoms with Gasteiger partial charge in [-0.2, -0.15) is 0 Å². The van der Waals surface area contributed by atoms with Gasteiger partial charge >= 0.3 is 0 Å². The second-order valence-corrected chi connectivity index (χ2v) is 8.98. The first-order chi connectivity index (χ1) is 15.1. The Kier molecular flexibility index (Phi) is 6.96. The van der Waals surface area contributed by atoms with E-state index in [9.17, 15) is 4.79 Å². The Bertz CT molecular complexity index is 927. The average Bonchev–Trinajstić information content (AvgIpc) is 3.12. The zero-order valence-electron chi connectivity index (χ0n) is 18.7. The van der Waals surface area contributed by atoms with Gasteiger partial charge in [0.1, 0.15) is 5.75 Å². The van der Waals surface area contributed by atoms with E-state index in [1.54, 1.807) is 0 Å². The largest absolute Gasteiger partial charge is 0.494 e. The highest BCUT2D eigenvalue weighted by molar-refractivity contribution is 5.98. The third-order valence-corrected chi connectivity index (χ3v) is 6.69. The van der Waals surface area contributed by atoms with Crippen LogP contribution in [0.5, 0.6) is 5.75 Å². The third-order valence-electron chi connectivity index (χ3n) is 6.69. The molecule has 0 spiro atoms. The molecular formula is C27H34N2O2. The van der Waals surface area contributed by atoms with Crippen LogP contribution in [0.15, 0.2) is 59.7 Å². The third kappa shape index (κ3) is 5.30. The molecule has 1 amide bonds. The van der Waals surface area contributed by atoms with E-state index in [1.807, 2.05) is 31.2 Å². The zero-order valence-corrected chi connectivity index (χ0v) is 18.7. The summed E-state index contributed by atoms with van der Waals surface area (Å²) in [7, 11) is 0. The van der Waals surface area contributed by atoms with Gasteiger partial charge in [0.2, 0.25) is 5.91 Å². The number of hydrogen-bond acceptors (Lipinski definition) is 3. The summed E-state index contributed by atoms with van der Waals surface area (Å²) in [4.78, 5) is 12.6. The number of anilines is 1. The molecule has 2 aromatic carbocycles. The van der Waals surface area contributed by atoms with Crippen LogP contribution < -0.4 is 15.4 Å². The summed E-state index contributed by atoms with van der Waals surface area (Å²) in [5.41, 5.74) is 5.17. The van der Waals surface area contributed by atoms with Crippen LogP contribution in [0.2, 0.25) is 0 Å². The Morgan fingerprint density at radius 2 is 1.77 bits per heavy atom. The maximum Gasteiger partial charge on any atom is 0.249 e. The van der Waals surface area contributed by atoms with Crippen molar-refractivity contribution in [2.45, 2.75) is 58.4 Å². The Hall–Kier alpha value is -2.75. The number of carbonyl (C=O) groups excluding carboxylic acids is 1. The lowest BCUT2D eigenvalue weighted by Gasteiger charge is -2.23. The first-order valence-corrected chi connectivity index (χ1v) is 11.6. The van der Waals surface area contributed by atoms with Crippen LogP contribution in [0.1, 0.15) is 62.6 Å². The van der Waals surface area contributed by atoms with E-state index in [0.29, 0.717) is 6.54 Å². The molecule has 0 saturated heterocycles. The smallest absolute Gasteiger partial charge is 0.249 e. The van der Waals surface area contributed by atoms with Gasteiger partial charge in [0.05, 0.1) is 12.6 Å². The molecular weight excluding hydrogens is 384 g/mol. The molecule has 0 radical (unpaired) electrons. The van der Waals surface area contributed by atoms with Crippen molar-refractivity contribution in [3.63, 3.8) is 0 Å². The van der Waals surface area contributed by atoms with Gasteiger partial charge < -0.3 is 15.4 Å². The van der Waals surface area contributed by atoms with Crippen LogP contribution in [-0.4, -0.2) is 19.1 Å². The number of para-hydroxylation sites is 1. The molecule has 4 rings (SSSR count). The first-order valence-electron chi connectivity index (χ1n) is 11.6. The normalized spacial score (nSPS) is 18.1. The Balaban J connectivity index is 1.48. The summed E-state index contributed by atoms with van der Waals surface area (Å²) in [5.74, 6) is 1.73. The zero-order chi connectivity index (χ0) is 21.6. The molecule has 2 aromatic rings. The van der Waals surface area contributed by atoms with Crippen molar-refractivity contribution in [3.8, 4) is 5.75 Å². The summed E-state index contributed by atoms with van der Waals surface area (Å²) in [6, 6.07) is 16.2. The molecule has 1 fully saturated rings. The fourth-order valence-electron chi connectivity index (χ4n) is 4.76. The molecule has 2 N–H and O–H groups in total. The lowest BCUT2D eigenvalue weighted by molar-refractivity contribution is -0.116. The number of hydrogen-bond donors (Lipinski definition) is 2. The predicted molar refractivity (Wildman–Crippen MR) is 126 cm³/mol. The number of carbonyl (C=O) groups is 1. The molecule has 2 aliphatic rings. The monoisotopic (exact) mass is 418 g/mol. The highest BCUT2D eigenvalue weighted by atomic mass is 16.5. The molecule has 1 atom stereocenters. The Labute approximate surface area is 186 Å². The number of aryl methyl sites for hydroxylation is 1. The summed E-state index contributed by atoms with van der Waals surface area (Å²) in [6.45, 7) is 5.51. The van der Waals surface area contributed by atoms with Gasteiger partial charge in [-0.25, -0.2) is 0 Å². The van der Waals surface area contributed by atoms with Crippen molar-refractivity contribution < 1.29 is 9.53 Å². The maximum absolute atomic E-state index is 12.6. The van der Waals surface area contributed by atoms with E-state index in [0.717, 1.165) is 52.7 Å². The minimum absolute atomic E-state index is 0.0105. The highest BCUT2D eigenvalue weighted by Gasteiger charge is 2.29. The molecule has 1 saturated carbocycles. The molecule has 164 valence electrons. The van der Waals surface area contributed by atoms with E-state index in [4.69, 9.17) is 4.74 Å². The van der Waals surface area contributed by atoms with Crippen molar-refractivity contribution in [1.29, 1.82) is 0 Å². The number of nitrogens with one attached hydrogen (secondary N) is 2. The molecule has 4 heteroatoms. The maximum atomic E-state index is 12.6. The average molecular weight is 419 g/mol. The molecule has 1 aliphatic heterocycles. The lowest BCUT2D eigenvalue weighted by atomic mass is 9.87. The van der Waals surface area contributed by atoms with Gasteiger partial charge in [-0.1, -0.05) is 62.4 Å². The van der Waals surface area contributed by atoms with Gasteiger partial charge in [-0.15, -0.1) is 0 Å². The van der Waals surface area contributed by atoms with E-state index in [1.165, 1.54) is 32.1 Å². The van der Waals surface area contributed by atoms with E-state index in [2.05, 4.69) is 41.8 Å². The number of rotatable bonds is 8. The van der Waals surface area contributed by atoms with Crippen molar-refractivity contribution in [1.82, 2.24) is 5.32 Å². The van der Waals surface area contributed by atoms with E-state index < -0.39 is 0 Å². The number of amides is 1. The van der Waals surface area contributed by atoms with Gasteiger partial charge in [-0.05, 0) is 61.1 Å². The quantitative estimate of drug-likeness (QED) is 0.557. The standard InChI is InChI=1S/C27H34N2O2/c1-19-8-6-7-11-24(19)29-26(25-20(2)18-28-27(25)30)22-12-14-23(15-13-22)31-17-16-21-9-4-3-5-10-21/h6-8,11-15,21,26,29H,3-5,9-10,16-18H2,1-2H3,(H,28,30). The molecule has 1 heterocycles. The predicted octanol–water partition coefficient (Wildman–Crippen LogP) is 5.94. The van der Waals surface area contributed by atoms with Crippen LogP contribution in [0.25, 0.3) is 0 Å². The van der Waals surface area contributed by atoms with Crippen molar-refractivity contribution in [2.24, 2.45) is 5.92 Å². The van der Waals surface area contributed by atoms with Crippen molar-refractivity contribution in [2.75, 3.05) is 18.5 Å². The van der Waals surface area contributed by atoms with Crippen LogP contribution in [0, 0.1) is 12.8 Å². The van der Waals surface area contributed by atoms with E-state index in [-0.39, 0.29) is 11.9 Å². The van der Waals surface area contributed by atoms with Gasteiger partial charge in [-0.3, -0.25) is 4.79 Å². The molecule has 1 aliphatic carbocycles. The summed E-state index contributed by atoms with van der Waals surface area (Å²) in [6.07, 6.45) is 7.99. The fourth-order valence-corrected chi connectivity index (χ4v) is 4.76. The van der Waals surface area contributed by atoms with Crippen molar-refractivity contribution in [3.05, 3.63) is 70.8 Å². The first kappa shape index (κ1) is 21.5. The minimum atomic E-state index is -0.195. The minimum Gasteiger partial charge on any atom is -0.494 e. The SMILES string of the molecule is CC1=C(C(Nc2ccccc2C)c2ccc(OCCC3CCCCC3)cc2)C(=O)NC1. The lowest BCUT2D eigenvalue weighted by Crippen LogP contribution is -2.24. The van der Waals surface area contributed by atoms with Crippen LogP contribution in [0.3, 0.4) is 0 Å². The molecule has 4 nitrogen and oxygen atoms in total. The second kappa shape index (κ2) is 10.0. The van der Waals surface area contributed by atoms with Crippen molar-refractivity contribution >= 4 is 11.6 Å². The number of benzene rings is 2. The molecule has 0 bridgehead atoms. The Morgan fingerprint density at radius 1 is 1.03 bits per heavy atom. The summed E-state index contributed by atoms with van der Waals surface area (Å²) < 4.78 is 6.04. The topological polar surface area (TPSA) is 50.4 Å². The fraction of sp³-hybridized carbons (Fsp3) is 0.444. The van der Waals surface area contributed by atoms with Gasteiger partial charge in [0.25, 0.3) is 0 Å². The summed E-state index contributed by atoms with van der Waals surface area (Å²) in [5, 5.41) is 6.58. The van der Waals surface area contributed by atoms with Crippen LogP contribution >= 0.6 is 0 Å². The molecule has 31 heavy (non-hydrogen) atoms. The van der Waals surface area contributed by atoms with Gasteiger partial charge in [0.15, 0.2) is 0 Å². The van der Waals surface area contributed by atoms with Crippen LogP contribution in [-0.2, 0) is 4.79 Å². The van der Waals surface area contributed by atoms with Gasteiger partial charge in [0, 0.05) is 17.8 Å². The Morgan fingerprint density at radius 3 is 2.45 bits per heavy atom. The molecule has 1 unspecified atom stereocenters. The van der Waals surface area contributed by atoms with Crippen LogP contribution in [0.4, 0.5) is 5.69 Å². The second-order valence-electron chi connectivity index (χ2n) is 8.98. The summed E-state index contributed by atoms with van der Waals surface area (Å²) >= 11 is 0. The highest BCUT2D eigenvalue weighted by Crippen LogP contribution is 2.33.